The molecule has 1 heterocycles. The second kappa shape index (κ2) is 3.03. The summed E-state index contributed by atoms with van der Waals surface area (Å²) < 4.78 is 10.8. The molecule has 0 spiro atoms. The van der Waals surface area contributed by atoms with Gasteiger partial charge in [-0.2, -0.15) is 0 Å². The summed E-state index contributed by atoms with van der Waals surface area (Å²) in [6.07, 6.45) is 2.64. The molecule has 0 aromatic carbocycles. The zero-order valence-electron chi connectivity index (χ0n) is 6.14. The van der Waals surface area contributed by atoms with Crippen molar-refractivity contribution < 1.29 is 7.53 Å². The number of hydrogen-bond donors (Lipinski definition) is 0. The van der Waals surface area contributed by atoms with Gasteiger partial charge in [-0.3, -0.25) is 0 Å². The summed E-state index contributed by atoms with van der Waals surface area (Å²) in [5.74, 6) is 0. The number of rotatable bonds is 2. The first-order chi connectivity index (χ1) is 4.33. The summed E-state index contributed by atoms with van der Waals surface area (Å²) in [5.41, 5.74) is 0. The van der Waals surface area contributed by atoms with Crippen molar-refractivity contribution in [3.05, 3.63) is 0 Å². The van der Waals surface area contributed by atoms with Crippen LogP contribution < -0.4 is 0 Å². The van der Waals surface area contributed by atoms with E-state index in [9.17, 15) is 0 Å². The van der Waals surface area contributed by atoms with Gasteiger partial charge in [-0.05, 0) is 0 Å². The van der Waals surface area contributed by atoms with Gasteiger partial charge in [-0.15, -0.1) is 0 Å². The van der Waals surface area contributed by atoms with Gasteiger partial charge in [0.25, 0.3) is 0 Å². The Bertz CT molecular complexity index is 83.1. The van der Waals surface area contributed by atoms with Gasteiger partial charge in [0.1, 0.15) is 0 Å². The number of hydrogen-bond acceptors (Lipinski definition) is 2. The molecular weight excluding hydrogens is 177 g/mol. The van der Waals surface area contributed by atoms with Crippen LogP contribution in [-0.2, 0) is 7.53 Å². The molecule has 1 rings (SSSR count). The minimum atomic E-state index is -2.06. The van der Waals surface area contributed by atoms with E-state index in [1.165, 1.54) is 23.3 Å². The maximum absolute atomic E-state index is 5.41. The predicted molar refractivity (Wildman–Crippen MR) is 38.6 cm³/mol. The van der Waals surface area contributed by atoms with Gasteiger partial charge in [0, 0.05) is 0 Å². The molecule has 0 aromatic rings. The van der Waals surface area contributed by atoms with E-state index < -0.39 is 13.9 Å². The van der Waals surface area contributed by atoms with Crippen molar-refractivity contribution in [2.45, 2.75) is 23.3 Å². The molecule has 54 valence electrons. The fourth-order valence-electron chi connectivity index (χ4n) is 1.41. The van der Waals surface area contributed by atoms with Crippen LogP contribution in [0.15, 0.2) is 0 Å². The van der Waals surface area contributed by atoms with Crippen molar-refractivity contribution in [1.29, 1.82) is 0 Å². The SMILES string of the molecule is C[O][Ge]1([O]C)[CH2]CC[CH2]1. The normalized spacial score (nSPS) is 24.7. The Labute approximate surface area is 59.6 Å². The molecule has 1 fully saturated rings. The molecule has 3 heteroatoms. The average Bonchev–Trinajstić information content (AvgIpc) is 2.36. The van der Waals surface area contributed by atoms with Crippen LogP contribution in [0.3, 0.4) is 0 Å². The fraction of sp³-hybridized carbons (Fsp3) is 1.00. The van der Waals surface area contributed by atoms with Crippen molar-refractivity contribution in [3.8, 4) is 0 Å². The van der Waals surface area contributed by atoms with E-state index in [0.29, 0.717) is 0 Å². The third-order valence-corrected chi connectivity index (χ3v) is 9.91. The van der Waals surface area contributed by atoms with Gasteiger partial charge in [0.15, 0.2) is 0 Å². The molecule has 1 aliphatic heterocycles. The third kappa shape index (κ3) is 1.48. The van der Waals surface area contributed by atoms with Crippen LogP contribution in [0.2, 0.25) is 10.5 Å². The molecule has 9 heavy (non-hydrogen) atoms. The van der Waals surface area contributed by atoms with Crippen molar-refractivity contribution in [2.24, 2.45) is 0 Å². The Hall–Kier alpha value is 0.463. The Kier molecular flexibility index (Phi) is 2.55. The summed E-state index contributed by atoms with van der Waals surface area (Å²) in [5, 5.41) is 2.49. The molecule has 0 saturated carbocycles. The Balaban J connectivity index is 2.45. The van der Waals surface area contributed by atoms with Gasteiger partial charge >= 0.3 is 59.0 Å². The van der Waals surface area contributed by atoms with Gasteiger partial charge in [-0.1, -0.05) is 0 Å². The molecule has 0 amide bonds. The van der Waals surface area contributed by atoms with Crippen LogP contribution in [0, 0.1) is 0 Å². The van der Waals surface area contributed by atoms with Crippen LogP contribution in [0.25, 0.3) is 0 Å². The first kappa shape index (κ1) is 7.57. The van der Waals surface area contributed by atoms with E-state index in [4.69, 9.17) is 7.53 Å². The molecule has 0 aliphatic carbocycles. The van der Waals surface area contributed by atoms with Crippen LogP contribution in [0.1, 0.15) is 12.8 Å². The van der Waals surface area contributed by atoms with Gasteiger partial charge in [-0.25, -0.2) is 0 Å². The van der Waals surface area contributed by atoms with Crippen LogP contribution in [0.5, 0.6) is 0 Å². The second-order valence-corrected chi connectivity index (χ2v) is 10.2. The van der Waals surface area contributed by atoms with Crippen molar-refractivity contribution in [2.75, 3.05) is 14.2 Å². The average molecular weight is 191 g/mol. The molecule has 1 aliphatic rings. The van der Waals surface area contributed by atoms with Gasteiger partial charge in [0.2, 0.25) is 0 Å². The minimum absolute atomic E-state index is 1.24. The molecule has 0 aromatic heterocycles. The van der Waals surface area contributed by atoms with E-state index in [-0.39, 0.29) is 0 Å². The first-order valence-corrected chi connectivity index (χ1v) is 8.11. The van der Waals surface area contributed by atoms with Crippen molar-refractivity contribution >= 4 is 13.9 Å². The Morgan fingerprint density at radius 2 is 1.44 bits per heavy atom. The van der Waals surface area contributed by atoms with E-state index in [2.05, 4.69) is 0 Å². The molecule has 0 radical (unpaired) electrons. The van der Waals surface area contributed by atoms with E-state index in [1.54, 1.807) is 14.2 Å². The summed E-state index contributed by atoms with van der Waals surface area (Å²) in [7, 11) is 3.60. The molecule has 0 bridgehead atoms. The zero-order chi connectivity index (χ0) is 6.74. The third-order valence-electron chi connectivity index (χ3n) is 2.11. The van der Waals surface area contributed by atoms with Crippen LogP contribution in [0.4, 0.5) is 0 Å². The predicted octanol–water partition coefficient (Wildman–Crippen LogP) is 1.52. The first-order valence-electron chi connectivity index (χ1n) is 3.43. The Morgan fingerprint density at radius 3 is 1.67 bits per heavy atom. The molecule has 0 unspecified atom stereocenters. The molecule has 1 saturated heterocycles. The standard InChI is InChI=1S/C6H14GeO2/c1-8-7(9-2)5-3-4-6-7/h3-6H2,1-2H3. The summed E-state index contributed by atoms with van der Waals surface area (Å²) in [6.45, 7) is 0. The van der Waals surface area contributed by atoms with Crippen LogP contribution >= 0.6 is 0 Å². The van der Waals surface area contributed by atoms with Gasteiger partial charge < -0.3 is 0 Å². The zero-order valence-corrected chi connectivity index (χ0v) is 8.24. The quantitative estimate of drug-likeness (QED) is 0.615. The van der Waals surface area contributed by atoms with Crippen molar-refractivity contribution in [3.63, 3.8) is 0 Å². The maximum atomic E-state index is 5.41. The summed E-state index contributed by atoms with van der Waals surface area (Å²) in [6, 6.07) is 0. The van der Waals surface area contributed by atoms with Gasteiger partial charge in [0.05, 0.1) is 0 Å². The van der Waals surface area contributed by atoms with E-state index >= 15 is 0 Å². The monoisotopic (exact) mass is 192 g/mol. The van der Waals surface area contributed by atoms with Crippen LogP contribution in [-0.4, -0.2) is 28.2 Å². The van der Waals surface area contributed by atoms with E-state index in [0.717, 1.165) is 0 Å². The van der Waals surface area contributed by atoms with E-state index in [1.807, 2.05) is 0 Å². The molecule has 0 N–H and O–H groups in total. The Morgan fingerprint density at radius 1 is 1.00 bits per heavy atom. The topological polar surface area (TPSA) is 18.5 Å². The second-order valence-electron chi connectivity index (χ2n) is 2.53. The summed E-state index contributed by atoms with van der Waals surface area (Å²) >= 11 is -2.06. The molecule has 2 nitrogen and oxygen atoms in total. The van der Waals surface area contributed by atoms with Crippen molar-refractivity contribution in [1.82, 2.24) is 0 Å². The summed E-state index contributed by atoms with van der Waals surface area (Å²) in [4.78, 5) is 0. The molecule has 0 atom stereocenters. The molecular formula is C6H14GeO2. The fourth-order valence-corrected chi connectivity index (χ4v) is 7.30.